The van der Waals surface area contributed by atoms with Crippen molar-refractivity contribution in [3.05, 3.63) is 59.8 Å². The third-order valence-corrected chi connectivity index (χ3v) is 8.26. The van der Waals surface area contributed by atoms with Crippen molar-refractivity contribution in [1.82, 2.24) is 35.0 Å². The Kier molecular flexibility index (Phi) is 6.50. The molecule has 8 heteroatoms. The van der Waals surface area contributed by atoms with Gasteiger partial charge in [-0.1, -0.05) is 30.5 Å². The molecule has 0 spiro atoms. The Labute approximate surface area is 217 Å². The van der Waals surface area contributed by atoms with E-state index in [1.165, 1.54) is 37.7 Å². The lowest BCUT2D eigenvalue weighted by Gasteiger charge is -2.35. The maximum absolute atomic E-state index is 13.0. The summed E-state index contributed by atoms with van der Waals surface area (Å²) in [6.07, 6.45) is 10.5. The molecule has 0 radical (unpaired) electrons. The highest BCUT2D eigenvalue weighted by molar-refractivity contribution is 5.94. The number of likely N-dealkylation sites (tertiary alicyclic amines) is 1. The van der Waals surface area contributed by atoms with E-state index in [-0.39, 0.29) is 5.91 Å². The second kappa shape index (κ2) is 10.1. The standard InChI is InChI=1S/C29H35N7O/c1-34(2)23-14-16-35(17-15-23)29(37)21-8-11-24(12-9-21)36-19-27(31-33-36)28-25-18-22(10-13-26(25)30-32-28)20-6-4-3-5-7-20/h8-13,18-20,23H,3-7,14-17H2,1-2H3,(H,30,32). The third-order valence-electron chi connectivity index (χ3n) is 8.26. The maximum atomic E-state index is 13.0. The van der Waals surface area contributed by atoms with E-state index in [1.54, 1.807) is 4.68 Å². The molecule has 1 aliphatic carbocycles. The molecule has 0 bridgehead atoms. The van der Waals surface area contributed by atoms with E-state index in [0.29, 0.717) is 17.5 Å². The van der Waals surface area contributed by atoms with E-state index < -0.39 is 0 Å². The Hall–Kier alpha value is -3.52. The molecule has 2 aliphatic rings. The van der Waals surface area contributed by atoms with Gasteiger partial charge in [-0.3, -0.25) is 9.89 Å². The van der Waals surface area contributed by atoms with Crippen LogP contribution < -0.4 is 0 Å². The molecular formula is C29H35N7O. The molecular weight excluding hydrogens is 462 g/mol. The number of aromatic nitrogens is 5. The smallest absolute Gasteiger partial charge is 0.253 e. The summed E-state index contributed by atoms with van der Waals surface area (Å²) < 4.78 is 1.75. The number of carbonyl (C=O) groups excluding carboxylic acids is 1. The predicted octanol–water partition coefficient (Wildman–Crippen LogP) is 5.02. The minimum absolute atomic E-state index is 0.0970. The van der Waals surface area contributed by atoms with Crippen LogP contribution in [-0.4, -0.2) is 74.1 Å². The quantitative estimate of drug-likeness (QED) is 0.418. The van der Waals surface area contributed by atoms with Gasteiger partial charge in [-0.15, -0.1) is 5.10 Å². The molecule has 37 heavy (non-hydrogen) atoms. The number of benzene rings is 2. The van der Waals surface area contributed by atoms with Crippen molar-refractivity contribution in [3.8, 4) is 17.1 Å². The van der Waals surface area contributed by atoms with Gasteiger partial charge in [-0.2, -0.15) is 5.10 Å². The molecule has 1 saturated carbocycles. The van der Waals surface area contributed by atoms with Crippen molar-refractivity contribution in [2.24, 2.45) is 0 Å². The summed E-state index contributed by atoms with van der Waals surface area (Å²) in [5.41, 5.74) is 5.54. The van der Waals surface area contributed by atoms with Crippen LogP contribution >= 0.6 is 0 Å². The van der Waals surface area contributed by atoms with Gasteiger partial charge in [0.15, 0.2) is 0 Å². The van der Waals surface area contributed by atoms with E-state index in [1.807, 2.05) is 35.4 Å². The van der Waals surface area contributed by atoms with Gasteiger partial charge in [0.2, 0.25) is 0 Å². The highest BCUT2D eigenvalue weighted by Gasteiger charge is 2.25. The Morgan fingerprint density at radius 1 is 0.973 bits per heavy atom. The van der Waals surface area contributed by atoms with E-state index in [0.717, 1.165) is 53.9 Å². The first kappa shape index (κ1) is 23.9. The third kappa shape index (κ3) is 4.78. The average Bonchev–Trinajstić information content (AvgIpc) is 3.60. The van der Waals surface area contributed by atoms with Crippen LogP contribution in [0, 0.1) is 0 Å². The number of hydrogen-bond donors (Lipinski definition) is 1. The van der Waals surface area contributed by atoms with Gasteiger partial charge in [0.1, 0.15) is 11.4 Å². The van der Waals surface area contributed by atoms with E-state index >= 15 is 0 Å². The monoisotopic (exact) mass is 497 g/mol. The van der Waals surface area contributed by atoms with E-state index in [4.69, 9.17) is 0 Å². The fraction of sp³-hybridized carbons (Fsp3) is 0.448. The van der Waals surface area contributed by atoms with Crippen LogP contribution in [0.5, 0.6) is 0 Å². The second-order valence-electron chi connectivity index (χ2n) is 10.8. The summed E-state index contributed by atoms with van der Waals surface area (Å²) in [4.78, 5) is 17.2. The Morgan fingerprint density at radius 2 is 1.73 bits per heavy atom. The summed E-state index contributed by atoms with van der Waals surface area (Å²) in [7, 11) is 4.22. The van der Waals surface area contributed by atoms with Crippen molar-refractivity contribution in [1.29, 1.82) is 0 Å². The molecule has 2 aromatic carbocycles. The molecule has 3 heterocycles. The first-order valence-electron chi connectivity index (χ1n) is 13.5. The van der Waals surface area contributed by atoms with Gasteiger partial charge in [0.25, 0.3) is 5.91 Å². The van der Waals surface area contributed by atoms with Gasteiger partial charge < -0.3 is 9.80 Å². The second-order valence-corrected chi connectivity index (χ2v) is 10.8. The maximum Gasteiger partial charge on any atom is 0.253 e. The number of fused-ring (bicyclic) bond motifs is 1. The minimum Gasteiger partial charge on any atom is -0.339 e. The zero-order valence-corrected chi connectivity index (χ0v) is 21.7. The molecule has 192 valence electrons. The van der Waals surface area contributed by atoms with Crippen LogP contribution in [-0.2, 0) is 0 Å². The largest absolute Gasteiger partial charge is 0.339 e. The lowest BCUT2D eigenvalue weighted by molar-refractivity contribution is 0.0663. The number of nitrogens with zero attached hydrogens (tertiary/aromatic N) is 6. The number of piperidine rings is 1. The molecule has 2 aromatic heterocycles. The number of H-pyrrole nitrogens is 1. The predicted molar refractivity (Wildman–Crippen MR) is 145 cm³/mol. The van der Waals surface area contributed by atoms with Gasteiger partial charge in [-0.25, -0.2) is 4.68 Å². The van der Waals surface area contributed by atoms with Crippen molar-refractivity contribution < 1.29 is 4.79 Å². The summed E-state index contributed by atoms with van der Waals surface area (Å²) >= 11 is 0. The van der Waals surface area contributed by atoms with Crippen molar-refractivity contribution >= 4 is 16.8 Å². The lowest BCUT2D eigenvalue weighted by atomic mass is 9.84. The van der Waals surface area contributed by atoms with Crippen LogP contribution in [0.25, 0.3) is 28.0 Å². The molecule has 8 nitrogen and oxygen atoms in total. The molecule has 1 saturated heterocycles. The van der Waals surface area contributed by atoms with E-state index in [2.05, 4.69) is 57.7 Å². The van der Waals surface area contributed by atoms with Gasteiger partial charge in [0.05, 0.1) is 17.4 Å². The summed E-state index contributed by atoms with van der Waals surface area (Å²) in [6, 6.07) is 14.9. The van der Waals surface area contributed by atoms with Crippen LogP contribution in [0.15, 0.2) is 48.7 Å². The summed E-state index contributed by atoms with van der Waals surface area (Å²) in [5, 5.41) is 17.6. The number of aromatic amines is 1. The van der Waals surface area contributed by atoms with Gasteiger partial charge in [0, 0.05) is 30.1 Å². The topological polar surface area (TPSA) is 82.9 Å². The van der Waals surface area contributed by atoms with Crippen LogP contribution in [0.1, 0.15) is 66.8 Å². The highest BCUT2D eigenvalue weighted by atomic mass is 16.2. The summed E-state index contributed by atoms with van der Waals surface area (Å²) in [5.74, 6) is 0.733. The van der Waals surface area contributed by atoms with Crippen molar-refractivity contribution in [2.45, 2.75) is 56.9 Å². The van der Waals surface area contributed by atoms with Crippen LogP contribution in [0.2, 0.25) is 0 Å². The zero-order chi connectivity index (χ0) is 25.4. The Bertz CT molecular complexity index is 1370. The Morgan fingerprint density at radius 3 is 2.46 bits per heavy atom. The van der Waals surface area contributed by atoms with Crippen LogP contribution in [0.4, 0.5) is 0 Å². The Balaban J connectivity index is 1.18. The number of carbonyl (C=O) groups is 1. The molecule has 1 aliphatic heterocycles. The first-order valence-corrected chi connectivity index (χ1v) is 13.5. The molecule has 4 aromatic rings. The van der Waals surface area contributed by atoms with E-state index in [9.17, 15) is 4.79 Å². The molecule has 1 amide bonds. The fourth-order valence-corrected chi connectivity index (χ4v) is 5.94. The number of rotatable bonds is 5. The molecule has 0 unspecified atom stereocenters. The zero-order valence-electron chi connectivity index (χ0n) is 21.7. The average molecular weight is 498 g/mol. The van der Waals surface area contributed by atoms with Crippen molar-refractivity contribution in [2.75, 3.05) is 27.2 Å². The van der Waals surface area contributed by atoms with Crippen molar-refractivity contribution in [3.63, 3.8) is 0 Å². The fourth-order valence-electron chi connectivity index (χ4n) is 5.94. The number of amides is 1. The SMILES string of the molecule is CN(C)C1CCN(C(=O)c2ccc(-n3cc(-c4n[nH]c5ccc(C6CCCCC6)cc45)nn3)cc2)CC1. The van der Waals surface area contributed by atoms with Gasteiger partial charge >= 0.3 is 0 Å². The normalized spacial score (nSPS) is 17.6. The molecule has 2 fully saturated rings. The highest BCUT2D eigenvalue weighted by Crippen LogP contribution is 2.35. The summed E-state index contributed by atoms with van der Waals surface area (Å²) in [6.45, 7) is 1.60. The minimum atomic E-state index is 0.0970. The van der Waals surface area contributed by atoms with Crippen LogP contribution in [0.3, 0.4) is 0 Å². The van der Waals surface area contributed by atoms with Gasteiger partial charge in [-0.05, 0) is 87.7 Å². The molecule has 1 N–H and O–H groups in total. The molecule has 0 atom stereocenters. The first-order chi connectivity index (χ1) is 18.1. The number of hydrogen-bond acceptors (Lipinski definition) is 5. The lowest BCUT2D eigenvalue weighted by Crippen LogP contribution is -2.44. The molecule has 6 rings (SSSR count). The number of nitrogens with one attached hydrogen (secondary N) is 1.